The van der Waals surface area contributed by atoms with Gasteiger partial charge in [0, 0.05) is 12.2 Å². The molecule has 0 saturated heterocycles. The maximum atomic E-state index is 13.3. The molecule has 0 saturated carbocycles. The first-order chi connectivity index (χ1) is 9.99. The van der Waals surface area contributed by atoms with Gasteiger partial charge in [0.2, 0.25) is 0 Å². The molecule has 21 heavy (non-hydrogen) atoms. The number of fused-ring (bicyclic) bond motifs is 1. The Morgan fingerprint density at radius 1 is 1.14 bits per heavy atom. The summed E-state index contributed by atoms with van der Waals surface area (Å²) in [5, 5.41) is 0.803. The predicted octanol–water partition coefficient (Wildman–Crippen LogP) is 2.96. The van der Waals surface area contributed by atoms with Gasteiger partial charge in [-0.2, -0.15) is 0 Å². The van der Waals surface area contributed by atoms with E-state index in [0.717, 1.165) is 22.7 Å². The first kappa shape index (κ1) is 13.5. The summed E-state index contributed by atoms with van der Waals surface area (Å²) in [5.41, 5.74) is 9.22. The third-order valence-corrected chi connectivity index (χ3v) is 3.76. The number of halogens is 2. The third-order valence-electron chi connectivity index (χ3n) is 3.76. The fourth-order valence-corrected chi connectivity index (χ4v) is 2.51. The Hall–Kier alpha value is -2.50. The normalized spacial score (nSPS) is 11.2. The summed E-state index contributed by atoms with van der Waals surface area (Å²) in [7, 11) is 0. The lowest BCUT2D eigenvalue weighted by molar-refractivity contribution is 0.506. The van der Waals surface area contributed by atoms with E-state index in [-0.39, 0.29) is 0 Å². The van der Waals surface area contributed by atoms with Crippen molar-refractivity contribution < 1.29 is 8.78 Å². The molecule has 1 aromatic carbocycles. The van der Waals surface area contributed by atoms with E-state index >= 15 is 0 Å². The number of nitrogen functional groups attached to an aromatic ring is 1. The summed E-state index contributed by atoms with van der Waals surface area (Å²) in [5.74, 6) is -1.28. The van der Waals surface area contributed by atoms with Gasteiger partial charge in [-0.3, -0.25) is 0 Å². The molecule has 3 rings (SSSR count). The smallest absolute Gasteiger partial charge is 0.159 e. The average molecular weight is 288 g/mol. The summed E-state index contributed by atoms with van der Waals surface area (Å²) in [6.45, 7) is 4.28. The molecule has 2 aromatic heterocycles. The molecule has 2 heterocycles. The van der Waals surface area contributed by atoms with E-state index in [0.29, 0.717) is 23.6 Å². The second kappa shape index (κ2) is 4.80. The van der Waals surface area contributed by atoms with E-state index in [1.165, 1.54) is 12.4 Å². The molecule has 0 radical (unpaired) electrons. The highest BCUT2D eigenvalue weighted by Gasteiger charge is 2.15. The molecular weight excluding hydrogens is 274 g/mol. The van der Waals surface area contributed by atoms with Crippen LogP contribution >= 0.6 is 0 Å². The molecule has 0 aliphatic rings. The fraction of sp³-hybridized carbons (Fsp3) is 0.200. The minimum Gasteiger partial charge on any atom is -0.383 e. The minimum absolute atomic E-state index is 0.393. The maximum absolute atomic E-state index is 13.3. The molecule has 4 nitrogen and oxygen atoms in total. The Morgan fingerprint density at radius 3 is 2.62 bits per heavy atom. The zero-order chi connectivity index (χ0) is 15.1. The first-order valence-electron chi connectivity index (χ1n) is 6.49. The van der Waals surface area contributed by atoms with Gasteiger partial charge in [0.15, 0.2) is 11.6 Å². The second-order valence-electron chi connectivity index (χ2n) is 5.00. The number of nitrogens with two attached hydrogens (primary N) is 1. The Bertz CT molecular complexity index is 839. The number of anilines is 1. The lowest BCUT2D eigenvalue weighted by atomic mass is 10.2. The van der Waals surface area contributed by atoms with Gasteiger partial charge in [-0.25, -0.2) is 18.7 Å². The summed E-state index contributed by atoms with van der Waals surface area (Å²) in [6, 6.07) is 3.88. The standard InChI is InChI=1S/C15H14F2N4/c1-8-9(2)21(15-13(8)14(18)19-7-20-15)6-10-3-4-11(16)12(17)5-10/h3-5,7H,6H2,1-2H3,(H2,18,19,20). The van der Waals surface area contributed by atoms with Crippen molar-refractivity contribution in [2.75, 3.05) is 5.73 Å². The third kappa shape index (κ3) is 2.12. The molecule has 0 fully saturated rings. The molecule has 108 valence electrons. The number of benzene rings is 1. The van der Waals surface area contributed by atoms with Crippen LogP contribution < -0.4 is 5.73 Å². The molecule has 0 bridgehead atoms. The van der Waals surface area contributed by atoms with Crippen LogP contribution in [0.2, 0.25) is 0 Å². The summed E-state index contributed by atoms with van der Waals surface area (Å²) in [6.07, 6.45) is 1.40. The van der Waals surface area contributed by atoms with Crippen LogP contribution in [0.25, 0.3) is 11.0 Å². The van der Waals surface area contributed by atoms with E-state index in [1.807, 2.05) is 18.4 Å². The van der Waals surface area contributed by atoms with E-state index < -0.39 is 11.6 Å². The molecule has 0 atom stereocenters. The van der Waals surface area contributed by atoms with Gasteiger partial charge >= 0.3 is 0 Å². The van der Waals surface area contributed by atoms with Crippen LogP contribution in [0.1, 0.15) is 16.8 Å². The number of hydrogen-bond donors (Lipinski definition) is 1. The van der Waals surface area contributed by atoms with Crippen molar-refractivity contribution in [1.29, 1.82) is 0 Å². The Balaban J connectivity index is 2.14. The molecule has 0 aliphatic carbocycles. The molecule has 0 spiro atoms. The second-order valence-corrected chi connectivity index (χ2v) is 5.00. The molecule has 2 N–H and O–H groups in total. The van der Waals surface area contributed by atoms with Crippen LogP contribution in [0, 0.1) is 25.5 Å². The topological polar surface area (TPSA) is 56.7 Å². The molecule has 6 heteroatoms. The van der Waals surface area contributed by atoms with Crippen molar-refractivity contribution in [3.05, 3.63) is 53.0 Å². The fourth-order valence-electron chi connectivity index (χ4n) is 2.51. The molecule has 0 amide bonds. The van der Waals surface area contributed by atoms with Crippen LogP contribution in [0.3, 0.4) is 0 Å². The number of aryl methyl sites for hydroxylation is 1. The first-order valence-corrected chi connectivity index (χ1v) is 6.49. The average Bonchev–Trinajstić information content (AvgIpc) is 2.69. The highest BCUT2D eigenvalue weighted by molar-refractivity contribution is 5.90. The van der Waals surface area contributed by atoms with Gasteiger partial charge in [0.05, 0.1) is 5.39 Å². The Labute approximate surface area is 120 Å². The number of hydrogen-bond acceptors (Lipinski definition) is 3. The van der Waals surface area contributed by atoms with Crippen molar-refractivity contribution in [1.82, 2.24) is 14.5 Å². The molecule has 3 aromatic rings. The van der Waals surface area contributed by atoms with E-state index in [9.17, 15) is 8.78 Å². The number of rotatable bonds is 2. The van der Waals surface area contributed by atoms with Gasteiger partial charge in [-0.1, -0.05) is 6.07 Å². The lowest BCUT2D eigenvalue weighted by Gasteiger charge is -2.08. The van der Waals surface area contributed by atoms with Crippen molar-refractivity contribution in [3.63, 3.8) is 0 Å². The Morgan fingerprint density at radius 2 is 1.90 bits per heavy atom. The number of aromatic nitrogens is 3. The van der Waals surface area contributed by atoms with Crippen molar-refractivity contribution in [2.45, 2.75) is 20.4 Å². The SMILES string of the molecule is Cc1c(C)n(Cc2ccc(F)c(F)c2)c2ncnc(N)c12. The van der Waals surface area contributed by atoms with Crippen LogP contribution in [0.4, 0.5) is 14.6 Å². The largest absolute Gasteiger partial charge is 0.383 e. The summed E-state index contributed by atoms with van der Waals surface area (Å²) < 4.78 is 28.3. The molecular formula is C15H14F2N4. The van der Waals surface area contributed by atoms with Crippen LogP contribution in [-0.4, -0.2) is 14.5 Å². The van der Waals surface area contributed by atoms with E-state index in [2.05, 4.69) is 9.97 Å². The van der Waals surface area contributed by atoms with E-state index in [1.54, 1.807) is 6.07 Å². The zero-order valence-electron chi connectivity index (χ0n) is 11.7. The molecule has 0 aliphatic heterocycles. The van der Waals surface area contributed by atoms with Gasteiger partial charge in [-0.15, -0.1) is 0 Å². The van der Waals surface area contributed by atoms with Crippen LogP contribution in [0.15, 0.2) is 24.5 Å². The summed E-state index contributed by atoms with van der Waals surface area (Å²) in [4.78, 5) is 8.26. The van der Waals surface area contributed by atoms with Gasteiger partial charge in [0.1, 0.15) is 17.8 Å². The van der Waals surface area contributed by atoms with Gasteiger partial charge in [0.25, 0.3) is 0 Å². The maximum Gasteiger partial charge on any atom is 0.159 e. The zero-order valence-corrected chi connectivity index (χ0v) is 11.7. The Kier molecular flexibility index (Phi) is 3.08. The van der Waals surface area contributed by atoms with Gasteiger partial charge in [-0.05, 0) is 37.1 Å². The summed E-state index contributed by atoms with van der Waals surface area (Å²) >= 11 is 0. The van der Waals surface area contributed by atoms with Crippen LogP contribution in [0.5, 0.6) is 0 Å². The van der Waals surface area contributed by atoms with Crippen molar-refractivity contribution >= 4 is 16.9 Å². The minimum atomic E-state index is -0.854. The lowest BCUT2D eigenvalue weighted by Crippen LogP contribution is -2.04. The highest BCUT2D eigenvalue weighted by atomic mass is 19.2. The molecule has 0 unspecified atom stereocenters. The van der Waals surface area contributed by atoms with Crippen LogP contribution in [-0.2, 0) is 6.54 Å². The number of nitrogens with zero attached hydrogens (tertiary/aromatic N) is 3. The highest BCUT2D eigenvalue weighted by Crippen LogP contribution is 2.27. The van der Waals surface area contributed by atoms with Crippen molar-refractivity contribution in [3.8, 4) is 0 Å². The monoisotopic (exact) mass is 288 g/mol. The quantitative estimate of drug-likeness (QED) is 0.788. The van der Waals surface area contributed by atoms with Gasteiger partial charge < -0.3 is 10.3 Å². The van der Waals surface area contributed by atoms with Crippen molar-refractivity contribution in [2.24, 2.45) is 0 Å². The van der Waals surface area contributed by atoms with E-state index in [4.69, 9.17) is 5.73 Å². The predicted molar refractivity (Wildman–Crippen MR) is 76.9 cm³/mol.